The van der Waals surface area contributed by atoms with Crippen LogP contribution in [0.1, 0.15) is 23.6 Å². The lowest BCUT2D eigenvalue weighted by atomic mass is 9.61. The summed E-state index contributed by atoms with van der Waals surface area (Å²) in [4.78, 5) is 51.2. The van der Waals surface area contributed by atoms with Crippen LogP contribution in [0, 0.1) is 21.4 Å². The number of hydrogen-bond acceptors (Lipinski definition) is 6. The van der Waals surface area contributed by atoms with Gasteiger partial charge in [0.1, 0.15) is 0 Å². The fraction of sp³-hybridized carbons (Fsp3) is 0.409. The number of pyridine rings is 1. The summed E-state index contributed by atoms with van der Waals surface area (Å²) in [6.07, 6.45) is 0.511. The summed E-state index contributed by atoms with van der Waals surface area (Å²) >= 11 is 0. The summed E-state index contributed by atoms with van der Waals surface area (Å²) in [5, 5.41) is 24.3. The summed E-state index contributed by atoms with van der Waals surface area (Å²) < 4.78 is 1.69. The molecule has 1 aromatic heterocycles. The Morgan fingerprint density at radius 1 is 1.25 bits per heavy atom. The average Bonchev–Trinajstić information content (AvgIpc) is 2.78. The highest BCUT2D eigenvalue weighted by molar-refractivity contribution is 6.04. The molecular formula is C22H22N4O6. The van der Waals surface area contributed by atoms with Crippen molar-refractivity contribution in [2.75, 3.05) is 18.5 Å². The zero-order valence-corrected chi connectivity index (χ0v) is 17.4. The topological polar surface area (TPSA) is 135 Å². The minimum absolute atomic E-state index is 0.0174. The van der Waals surface area contributed by atoms with E-state index in [4.69, 9.17) is 0 Å². The van der Waals surface area contributed by atoms with Gasteiger partial charge in [0.05, 0.1) is 11.0 Å². The number of rotatable bonds is 3. The zero-order chi connectivity index (χ0) is 22.8. The third-order valence-electron chi connectivity index (χ3n) is 7.28. The number of carbonyl (C=O) groups is 2. The second kappa shape index (κ2) is 6.91. The molecule has 10 nitrogen and oxygen atoms in total. The van der Waals surface area contributed by atoms with Gasteiger partial charge in [-0.1, -0.05) is 6.07 Å². The molecule has 4 atom stereocenters. The van der Waals surface area contributed by atoms with Crippen molar-refractivity contribution in [3.8, 4) is 0 Å². The number of fused-ring (bicyclic) bond motifs is 8. The Balaban J connectivity index is 1.74. The van der Waals surface area contributed by atoms with Gasteiger partial charge in [-0.05, 0) is 30.0 Å². The highest BCUT2D eigenvalue weighted by Gasteiger charge is 2.62. The Morgan fingerprint density at radius 3 is 2.72 bits per heavy atom. The number of nitro benzene ring substituents is 1. The Hall–Kier alpha value is -3.69. The maximum absolute atomic E-state index is 13.2. The molecule has 2 N–H and O–H groups in total. The van der Waals surface area contributed by atoms with E-state index < -0.39 is 28.3 Å². The van der Waals surface area contributed by atoms with Crippen molar-refractivity contribution in [2.24, 2.45) is 11.3 Å². The van der Waals surface area contributed by atoms with Crippen molar-refractivity contribution in [1.82, 2.24) is 9.88 Å². The first-order chi connectivity index (χ1) is 15.3. The third-order valence-corrected chi connectivity index (χ3v) is 7.28. The Kier molecular flexibility index (Phi) is 4.37. The van der Waals surface area contributed by atoms with E-state index in [1.807, 2.05) is 11.0 Å². The van der Waals surface area contributed by atoms with Crippen LogP contribution < -0.4 is 15.8 Å². The first-order valence-electron chi connectivity index (χ1n) is 10.5. The molecule has 3 aliphatic heterocycles. The first-order valence-corrected chi connectivity index (χ1v) is 10.5. The molecule has 0 aliphatic carbocycles. The molecule has 0 saturated carbocycles. The maximum atomic E-state index is 13.2. The van der Waals surface area contributed by atoms with Crippen molar-refractivity contribution in [3.05, 3.63) is 68.1 Å². The Labute approximate surface area is 182 Å². The molecular weight excluding hydrogens is 416 g/mol. The van der Waals surface area contributed by atoms with Crippen molar-refractivity contribution in [3.63, 3.8) is 0 Å². The van der Waals surface area contributed by atoms with Crippen molar-refractivity contribution >= 4 is 23.3 Å². The molecule has 2 bridgehead atoms. The molecule has 1 amide bonds. The fourth-order valence-electron chi connectivity index (χ4n) is 6.05. The summed E-state index contributed by atoms with van der Waals surface area (Å²) in [7, 11) is 1.40. The number of piperidine rings is 1. The van der Waals surface area contributed by atoms with Crippen molar-refractivity contribution in [1.29, 1.82) is 0 Å². The number of aliphatic carboxylic acids is 1. The van der Waals surface area contributed by atoms with E-state index in [-0.39, 0.29) is 29.5 Å². The van der Waals surface area contributed by atoms with Gasteiger partial charge in [-0.3, -0.25) is 24.5 Å². The van der Waals surface area contributed by atoms with E-state index in [2.05, 4.69) is 5.32 Å². The number of anilines is 1. The summed E-state index contributed by atoms with van der Waals surface area (Å²) in [5.74, 6) is -2.18. The van der Waals surface area contributed by atoms with Crippen LogP contribution in [0.2, 0.25) is 0 Å². The van der Waals surface area contributed by atoms with Crippen LogP contribution in [0.25, 0.3) is 0 Å². The monoisotopic (exact) mass is 438 g/mol. The SMILES string of the molecule is CNC(=O)C1(C(=O)O)Cc2cc([N+](=O)[O-])ccc2N2C[C@@H]3C[C@@H](Cn4c3cccc4=O)[C@H]21. The van der Waals surface area contributed by atoms with Crippen LogP contribution in [0.3, 0.4) is 0 Å². The highest BCUT2D eigenvalue weighted by Crippen LogP contribution is 2.52. The zero-order valence-electron chi connectivity index (χ0n) is 17.4. The van der Waals surface area contributed by atoms with Gasteiger partial charge >= 0.3 is 5.97 Å². The van der Waals surface area contributed by atoms with Gasteiger partial charge in [0.2, 0.25) is 5.91 Å². The first kappa shape index (κ1) is 20.2. The second-order valence-corrected chi connectivity index (χ2v) is 8.79. The van der Waals surface area contributed by atoms with E-state index in [9.17, 15) is 29.6 Å². The van der Waals surface area contributed by atoms with E-state index >= 15 is 0 Å². The quantitative estimate of drug-likeness (QED) is 0.417. The Morgan fingerprint density at radius 2 is 2.03 bits per heavy atom. The number of aromatic nitrogens is 1. The van der Waals surface area contributed by atoms with Gasteiger partial charge in [0, 0.05) is 62.1 Å². The number of carbonyl (C=O) groups excluding carboxylic acids is 1. The lowest BCUT2D eigenvalue weighted by molar-refractivity contribution is -0.384. The van der Waals surface area contributed by atoms with Gasteiger partial charge in [-0.2, -0.15) is 0 Å². The Bertz CT molecular complexity index is 1220. The summed E-state index contributed by atoms with van der Waals surface area (Å²) in [5.41, 5.74) is -0.0506. The van der Waals surface area contributed by atoms with Crippen LogP contribution >= 0.6 is 0 Å². The highest BCUT2D eigenvalue weighted by atomic mass is 16.6. The second-order valence-electron chi connectivity index (χ2n) is 8.79. The molecule has 1 saturated heterocycles. The number of nitro groups is 1. The standard InChI is InChI=1S/C22H22N4O6/c1-23-20(28)22(21(29)30)9-12-8-15(26(31)32)5-6-17(12)25-10-13-7-14(19(22)25)11-24-16(13)3-2-4-18(24)27/h2-6,8,13-14,19H,7,9-11H2,1H3,(H,23,28)(H,29,30)/t13-,14-,19-,22?/m0/s1. The lowest BCUT2D eigenvalue weighted by Crippen LogP contribution is -2.69. The number of benzene rings is 1. The van der Waals surface area contributed by atoms with Crippen LogP contribution in [0.5, 0.6) is 0 Å². The molecule has 1 aromatic carbocycles. The van der Waals surface area contributed by atoms with Crippen molar-refractivity contribution in [2.45, 2.75) is 31.3 Å². The minimum Gasteiger partial charge on any atom is -0.480 e. The van der Waals surface area contributed by atoms with Gasteiger partial charge < -0.3 is 19.9 Å². The largest absolute Gasteiger partial charge is 0.480 e. The third kappa shape index (κ3) is 2.61. The molecule has 2 aromatic rings. The fourth-order valence-corrected chi connectivity index (χ4v) is 6.05. The maximum Gasteiger partial charge on any atom is 0.321 e. The van der Waals surface area contributed by atoms with E-state index in [0.29, 0.717) is 30.8 Å². The lowest BCUT2D eigenvalue weighted by Gasteiger charge is -2.57. The van der Waals surface area contributed by atoms with Crippen LogP contribution in [0.15, 0.2) is 41.2 Å². The molecule has 10 heteroatoms. The van der Waals surface area contributed by atoms with Gasteiger partial charge in [0.15, 0.2) is 5.41 Å². The molecule has 32 heavy (non-hydrogen) atoms. The molecule has 3 aliphatic rings. The number of nitrogens with one attached hydrogen (secondary N) is 1. The molecule has 1 unspecified atom stereocenters. The van der Waals surface area contributed by atoms with Gasteiger partial charge in [0.25, 0.3) is 11.2 Å². The predicted molar refractivity (Wildman–Crippen MR) is 114 cm³/mol. The van der Waals surface area contributed by atoms with Crippen LogP contribution in [-0.4, -0.2) is 46.1 Å². The van der Waals surface area contributed by atoms with E-state index in [1.165, 1.54) is 25.2 Å². The molecule has 0 radical (unpaired) electrons. The predicted octanol–water partition coefficient (Wildman–Crippen LogP) is 1.12. The molecule has 1 fully saturated rings. The molecule has 0 spiro atoms. The normalized spacial score (nSPS) is 27.5. The van der Waals surface area contributed by atoms with Crippen molar-refractivity contribution < 1.29 is 19.6 Å². The minimum atomic E-state index is -1.83. The molecule has 5 rings (SSSR count). The smallest absolute Gasteiger partial charge is 0.321 e. The molecule has 166 valence electrons. The molecule has 4 heterocycles. The van der Waals surface area contributed by atoms with Crippen LogP contribution in [0.4, 0.5) is 11.4 Å². The number of nitrogens with zero attached hydrogens (tertiary/aromatic N) is 3. The number of carboxylic acids is 1. The van der Waals surface area contributed by atoms with Gasteiger partial charge in [-0.25, -0.2) is 0 Å². The van der Waals surface area contributed by atoms with E-state index in [0.717, 1.165) is 5.69 Å². The average molecular weight is 438 g/mol. The van der Waals surface area contributed by atoms with Gasteiger partial charge in [-0.15, -0.1) is 0 Å². The summed E-state index contributed by atoms with van der Waals surface area (Å²) in [6, 6.07) is 8.86. The number of non-ortho nitro benzene ring substituents is 1. The summed E-state index contributed by atoms with van der Waals surface area (Å²) in [6.45, 7) is 0.739. The number of amides is 1. The number of hydrogen-bond donors (Lipinski definition) is 2. The number of carboxylic acid groups (broad SMARTS) is 1. The van der Waals surface area contributed by atoms with E-state index in [1.54, 1.807) is 16.7 Å². The van der Waals surface area contributed by atoms with Crippen LogP contribution in [-0.2, 0) is 22.6 Å².